The van der Waals surface area contributed by atoms with Gasteiger partial charge in [-0.25, -0.2) is 10.2 Å². The lowest BCUT2D eigenvalue weighted by atomic mass is 10.0. The molecule has 0 aliphatic rings. The lowest BCUT2D eigenvalue weighted by molar-refractivity contribution is -0.136. The minimum Gasteiger partial charge on any atom is -0.422 e. The summed E-state index contributed by atoms with van der Waals surface area (Å²) in [6, 6.07) is 28.8. The van der Waals surface area contributed by atoms with Crippen LogP contribution in [0.4, 0.5) is 5.13 Å². The average Bonchev–Trinajstić information content (AvgIpc) is 3.43. The van der Waals surface area contributed by atoms with Crippen LogP contribution in [0.2, 0.25) is 0 Å². The Morgan fingerprint density at radius 1 is 0.789 bits per heavy atom. The first-order valence-corrected chi connectivity index (χ1v) is 12.2. The van der Waals surface area contributed by atoms with Gasteiger partial charge in [0.05, 0.1) is 11.8 Å². The van der Waals surface area contributed by atoms with E-state index in [4.69, 9.17) is 4.74 Å². The van der Waals surface area contributed by atoms with Crippen LogP contribution in [-0.2, 0) is 9.59 Å². The van der Waals surface area contributed by atoms with E-state index in [1.807, 2.05) is 60.7 Å². The van der Waals surface area contributed by atoms with Crippen molar-refractivity contribution in [3.05, 3.63) is 108 Å². The summed E-state index contributed by atoms with van der Waals surface area (Å²) in [6.07, 6.45) is 1.33. The Bertz CT molecular complexity index is 1650. The average molecular weight is 522 g/mol. The Morgan fingerprint density at radius 2 is 1.50 bits per heavy atom. The van der Waals surface area contributed by atoms with Gasteiger partial charge in [0.25, 0.3) is 0 Å². The normalized spacial score (nSPS) is 10.8. The van der Waals surface area contributed by atoms with Crippen LogP contribution in [0.3, 0.4) is 0 Å². The minimum atomic E-state index is -0.999. The fraction of sp³-hybridized carbons (Fsp3) is 0. The molecular formula is C28H19N5O4S. The molecule has 0 saturated heterocycles. The summed E-state index contributed by atoms with van der Waals surface area (Å²) in [5.74, 6) is -2.24. The molecule has 10 heteroatoms. The van der Waals surface area contributed by atoms with Crippen LogP contribution in [0.1, 0.15) is 15.9 Å². The number of hydrogen-bond acceptors (Lipinski definition) is 8. The van der Waals surface area contributed by atoms with Gasteiger partial charge in [-0.3, -0.25) is 14.9 Å². The number of ether oxygens (including phenoxy) is 1. The van der Waals surface area contributed by atoms with Crippen molar-refractivity contribution in [2.75, 3.05) is 5.32 Å². The third kappa shape index (κ3) is 5.61. The van der Waals surface area contributed by atoms with Crippen molar-refractivity contribution in [1.82, 2.24) is 15.6 Å². The first-order chi connectivity index (χ1) is 18.6. The van der Waals surface area contributed by atoms with E-state index in [2.05, 4.69) is 26.0 Å². The zero-order valence-corrected chi connectivity index (χ0v) is 20.5. The molecule has 5 aromatic rings. The van der Waals surface area contributed by atoms with E-state index in [1.165, 1.54) is 6.21 Å². The molecule has 0 atom stereocenters. The Morgan fingerprint density at radius 3 is 2.29 bits per heavy atom. The quantitative estimate of drug-likeness (QED) is 0.110. The SMILES string of the molecule is O=C(NN=Cc1c(OC(=O)c2ccccc2)ccc2ccccc12)C(=O)Nc1nnc(-c2ccccc2)s1. The largest absolute Gasteiger partial charge is 0.422 e. The van der Waals surface area contributed by atoms with E-state index >= 15 is 0 Å². The zero-order valence-electron chi connectivity index (χ0n) is 19.7. The van der Waals surface area contributed by atoms with Crippen molar-refractivity contribution in [3.63, 3.8) is 0 Å². The van der Waals surface area contributed by atoms with Crippen molar-refractivity contribution >= 4 is 51.2 Å². The number of carbonyl (C=O) groups excluding carboxylic acids is 3. The van der Waals surface area contributed by atoms with E-state index in [1.54, 1.807) is 36.4 Å². The Hall–Kier alpha value is -5.22. The van der Waals surface area contributed by atoms with Gasteiger partial charge >= 0.3 is 17.8 Å². The first-order valence-electron chi connectivity index (χ1n) is 11.4. The van der Waals surface area contributed by atoms with E-state index in [0.29, 0.717) is 16.1 Å². The van der Waals surface area contributed by atoms with Crippen LogP contribution in [-0.4, -0.2) is 34.2 Å². The standard InChI is InChI=1S/C28H19N5O4S/c34-24(30-28-33-32-26(38-28)19-10-3-1-4-11-19)25(35)31-29-17-22-21-14-8-7-9-18(21)15-16-23(22)37-27(36)20-12-5-2-6-13-20/h1-17H,(H,31,35)(H,30,33,34). The van der Waals surface area contributed by atoms with Gasteiger partial charge in [-0.1, -0.05) is 90.2 Å². The number of carbonyl (C=O) groups is 3. The number of aromatic nitrogens is 2. The maximum absolute atomic E-state index is 12.6. The fourth-order valence-electron chi connectivity index (χ4n) is 3.56. The molecule has 0 radical (unpaired) electrons. The highest BCUT2D eigenvalue weighted by Crippen LogP contribution is 2.28. The van der Waals surface area contributed by atoms with E-state index in [9.17, 15) is 14.4 Å². The summed E-state index contributed by atoms with van der Waals surface area (Å²) < 4.78 is 5.63. The molecular weight excluding hydrogens is 502 g/mol. The summed E-state index contributed by atoms with van der Waals surface area (Å²) in [4.78, 5) is 37.4. The van der Waals surface area contributed by atoms with Crippen LogP contribution in [0, 0.1) is 0 Å². The monoisotopic (exact) mass is 521 g/mol. The van der Waals surface area contributed by atoms with E-state index in [0.717, 1.165) is 27.7 Å². The number of hydrogen-bond donors (Lipinski definition) is 2. The molecule has 1 aromatic heterocycles. The molecule has 0 aliphatic heterocycles. The van der Waals surface area contributed by atoms with Crippen molar-refractivity contribution < 1.29 is 19.1 Å². The van der Waals surface area contributed by atoms with E-state index < -0.39 is 17.8 Å². The topological polar surface area (TPSA) is 123 Å². The number of benzene rings is 4. The molecule has 0 aliphatic carbocycles. The number of hydrazone groups is 1. The molecule has 0 saturated carbocycles. The highest BCUT2D eigenvalue weighted by molar-refractivity contribution is 7.18. The highest BCUT2D eigenvalue weighted by Gasteiger charge is 2.17. The fourth-order valence-corrected chi connectivity index (χ4v) is 4.31. The van der Waals surface area contributed by atoms with Gasteiger partial charge < -0.3 is 4.74 Å². The highest BCUT2D eigenvalue weighted by atomic mass is 32.1. The van der Waals surface area contributed by atoms with Crippen LogP contribution in [0.15, 0.2) is 102 Å². The van der Waals surface area contributed by atoms with Crippen LogP contribution in [0.25, 0.3) is 21.3 Å². The van der Waals surface area contributed by atoms with Crippen molar-refractivity contribution in [3.8, 4) is 16.3 Å². The summed E-state index contributed by atoms with van der Waals surface area (Å²) in [5, 5.41) is 16.7. The van der Waals surface area contributed by atoms with Crippen LogP contribution in [0.5, 0.6) is 5.75 Å². The Balaban J connectivity index is 1.30. The van der Waals surface area contributed by atoms with Crippen molar-refractivity contribution in [2.45, 2.75) is 0 Å². The van der Waals surface area contributed by atoms with Gasteiger partial charge in [-0.15, -0.1) is 10.2 Å². The Labute approximate surface area is 220 Å². The number of fused-ring (bicyclic) bond motifs is 1. The van der Waals surface area contributed by atoms with Crippen LogP contribution >= 0.6 is 11.3 Å². The van der Waals surface area contributed by atoms with Crippen molar-refractivity contribution in [2.24, 2.45) is 5.10 Å². The lowest BCUT2D eigenvalue weighted by Gasteiger charge is -2.10. The molecule has 186 valence electrons. The molecule has 38 heavy (non-hydrogen) atoms. The number of anilines is 1. The number of rotatable bonds is 6. The predicted molar refractivity (Wildman–Crippen MR) is 145 cm³/mol. The molecule has 9 nitrogen and oxygen atoms in total. The second-order valence-electron chi connectivity index (χ2n) is 7.89. The number of nitrogens with one attached hydrogen (secondary N) is 2. The molecule has 5 rings (SSSR count). The maximum Gasteiger partial charge on any atom is 0.343 e. The predicted octanol–water partition coefficient (Wildman–Crippen LogP) is 4.67. The van der Waals surface area contributed by atoms with Gasteiger partial charge in [0.2, 0.25) is 5.13 Å². The number of nitrogens with zero attached hydrogens (tertiary/aromatic N) is 3. The van der Waals surface area contributed by atoms with Gasteiger partial charge in [-0.05, 0) is 29.0 Å². The molecule has 2 amide bonds. The number of esters is 1. The summed E-state index contributed by atoms with van der Waals surface area (Å²) in [5.41, 5.74) is 3.90. The van der Waals surface area contributed by atoms with Gasteiger partial charge in [0.1, 0.15) is 10.8 Å². The maximum atomic E-state index is 12.6. The third-order valence-corrected chi connectivity index (χ3v) is 6.26. The second kappa shape index (κ2) is 11.2. The third-order valence-electron chi connectivity index (χ3n) is 5.38. The van der Waals surface area contributed by atoms with Crippen LogP contribution < -0.4 is 15.5 Å². The summed E-state index contributed by atoms with van der Waals surface area (Å²) in [6.45, 7) is 0. The zero-order chi connectivity index (χ0) is 26.3. The summed E-state index contributed by atoms with van der Waals surface area (Å²) >= 11 is 1.14. The molecule has 2 N–H and O–H groups in total. The Kier molecular flexibility index (Phi) is 7.23. The second-order valence-corrected chi connectivity index (χ2v) is 8.86. The summed E-state index contributed by atoms with van der Waals surface area (Å²) in [7, 11) is 0. The molecule has 0 unspecified atom stereocenters. The smallest absolute Gasteiger partial charge is 0.343 e. The van der Waals surface area contributed by atoms with E-state index in [-0.39, 0.29) is 10.9 Å². The molecule has 0 fully saturated rings. The minimum absolute atomic E-state index is 0.178. The number of amides is 2. The molecule has 0 spiro atoms. The first kappa shape index (κ1) is 24.5. The van der Waals surface area contributed by atoms with Crippen molar-refractivity contribution in [1.29, 1.82) is 0 Å². The molecule has 1 heterocycles. The van der Waals surface area contributed by atoms with Gasteiger partial charge in [0, 0.05) is 11.1 Å². The molecule has 4 aromatic carbocycles. The van der Waals surface area contributed by atoms with Gasteiger partial charge in [-0.2, -0.15) is 5.10 Å². The molecule has 0 bridgehead atoms. The van der Waals surface area contributed by atoms with Gasteiger partial charge in [0.15, 0.2) is 0 Å². The lowest BCUT2D eigenvalue weighted by Crippen LogP contribution is -2.32.